The Balaban J connectivity index is 0.936. The molecule has 0 N–H and O–H groups in total. The molecule has 0 saturated carbocycles. The molecule has 47 heavy (non-hydrogen) atoms. The van der Waals surface area contributed by atoms with E-state index in [0.29, 0.717) is 34.6 Å². The van der Waals surface area contributed by atoms with Gasteiger partial charge in [-0.15, -0.1) is 0 Å². The molecular formula is C33H34Cl2N8O4. The van der Waals surface area contributed by atoms with Gasteiger partial charge in [0.2, 0.25) is 5.79 Å². The summed E-state index contributed by atoms with van der Waals surface area (Å²) in [4.78, 5) is 21.2. The van der Waals surface area contributed by atoms with E-state index >= 15 is 0 Å². The molecule has 2 fully saturated rings. The fourth-order valence-electron chi connectivity index (χ4n) is 6.15. The van der Waals surface area contributed by atoms with Gasteiger partial charge in [0.1, 0.15) is 43.5 Å². The van der Waals surface area contributed by atoms with Crippen molar-refractivity contribution in [2.75, 3.05) is 49.2 Å². The second-order valence-corrected chi connectivity index (χ2v) is 12.4. The molecule has 2 unspecified atom stereocenters. The monoisotopic (exact) mass is 676 g/mol. The van der Waals surface area contributed by atoms with Crippen molar-refractivity contribution in [3.05, 3.63) is 111 Å². The highest BCUT2D eigenvalue weighted by Gasteiger charge is 2.45. The van der Waals surface area contributed by atoms with E-state index in [-0.39, 0.29) is 18.3 Å². The number of hydrogen-bond acceptors (Lipinski definition) is 9. The van der Waals surface area contributed by atoms with Crippen molar-refractivity contribution < 1.29 is 14.2 Å². The van der Waals surface area contributed by atoms with Gasteiger partial charge in [-0.05, 0) is 67.6 Å². The Labute approximate surface area is 281 Å². The fourth-order valence-corrected chi connectivity index (χ4v) is 6.70. The van der Waals surface area contributed by atoms with E-state index in [4.69, 9.17) is 37.4 Å². The van der Waals surface area contributed by atoms with Crippen LogP contribution in [0.2, 0.25) is 10.0 Å². The summed E-state index contributed by atoms with van der Waals surface area (Å²) in [6.45, 7) is 6.27. The lowest BCUT2D eigenvalue weighted by molar-refractivity contribution is -0.190. The molecule has 0 radical (unpaired) electrons. The molecule has 244 valence electrons. The number of aryl methyl sites for hydroxylation is 2. The van der Waals surface area contributed by atoms with Crippen LogP contribution >= 0.6 is 23.2 Å². The molecule has 2 saturated heterocycles. The van der Waals surface area contributed by atoms with Gasteiger partial charge in [0.15, 0.2) is 0 Å². The summed E-state index contributed by atoms with van der Waals surface area (Å²) in [5, 5.41) is 9.42. The number of aromatic nitrogens is 6. The number of halogens is 2. The SMILES string of the molecule is Cc1nn(C)c(=O)n1-c1ccc(N2CCN(c3ccc(OCC4COC(Cn5cncn5)(c5ccc(Cl)cc5Cl)O4)cc3)CC2)cc1. The Morgan fingerprint density at radius 1 is 0.936 bits per heavy atom. The van der Waals surface area contributed by atoms with Crippen LogP contribution < -0.4 is 20.2 Å². The van der Waals surface area contributed by atoms with Crippen LogP contribution in [0.1, 0.15) is 11.4 Å². The van der Waals surface area contributed by atoms with Crippen LogP contribution in [0.5, 0.6) is 5.75 Å². The first-order valence-electron chi connectivity index (χ1n) is 15.3. The lowest BCUT2D eigenvalue weighted by Crippen LogP contribution is -2.46. The Bertz CT molecular complexity index is 1890. The maximum Gasteiger partial charge on any atom is 0.350 e. The molecule has 2 aromatic heterocycles. The van der Waals surface area contributed by atoms with Crippen molar-refractivity contribution in [1.82, 2.24) is 29.1 Å². The van der Waals surface area contributed by atoms with Gasteiger partial charge in [-0.1, -0.05) is 29.3 Å². The van der Waals surface area contributed by atoms with Gasteiger partial charge >= 0.3 is 5.69 Å². The van der Waals surface area contributed by atoms with Gasteiger partial charge < -0.3 is 24.0 Å². The minimum atomic E-state index is -1.16. The van der Waals surface area contributed by atoms with Gasteiger partial charge in [-0.2, -0.15) is 10.2 Å². The molecule has 5 aromatic rings. The zero-order valence-electron chi connectivity index (χ0n) is 26.0. The Morgan fingerprint density at radius 2 is 1.60 bits per heavy atom. The average Bonchev–Trinajstić information content (AvgIpc) is 3.80. The predicted molar refractivity (Wildman–Crippen MR) is 179 cm³/mol. The molecule has 3 aromatic carbocycles. The predicted octanol–water partition coefficient (Wildman–Crippen LogP) is 4.45. The minimum absolute atomic E-state index is 0.151. The molecule has 0 amide bonds. The summed E-state index contributed by atoms with van der Waals surface area (Å²) in [5.41, 5.74) is 3.60. The Morgan fingerprint density at radius 3 is 2.19 bits per heavy atom. The van der Waals surface area contributed by atoms with Gasteiger partial charge in [-0.3, -0.25) is 0 Å². The van der Waals surface area contributed by atoms with E-state index < -0.39 is 5.79 Å². The summed E-state index contributed by atoms with van der Waals surface area (Å²) >= 11 is 12.7. The van der Waals surface area contributed by atoms with E-state index in [0.717, 1.165) is 49.0 Å². The molecule has 12 nitrogen and oxygen atoms in total. The molecule has 0 aliphatic carbocycles. The zero-order valence-corrected chi connectivity index (χ0v) is 27.5. The molecule has 2 aliphatic rings. The topological polar surface area (TPSA) is 105 Å². The summed E-state index contributed by atoms with van der Waals surface area (Å²) in [6, 6.07) is 21.5. The summed E-state index contributed by atoms with van der Waals surface area (Å²) in [7, 11) is 1.66. The number of ether oxygens (including phenoxy) is 3. The van der Waals surface area contributed by atoms with E-state index in [1.54, 1.807) is 34.8 Å². The second kappa shape index (κ2) is 13.0. The van der Waals surface area contributed by atoms with Crippen LogP contribution in [0.4, 0.5) is 11.4 Å². The van der Waals surface area contributed by atoms with E-state index in [1.807, 2.05) is 37.3 Å². The van der Waals surface area contributed by atoms with Gasteiger partial charge in [-0.25, -0.2) is 23.7 Å². The quantitative estimate of drug-likeness (QED) is 0.224. The number of rotatable bonds is 9. The molecule has 0 bridgehead atoms. The summed E-state index contributed by atoms with van der Waals surface area (Å²) in [5.74, 6) is 0.254. The van der Waals surface area contributed by atoms with Crippen molar-refractivity contribution in [3.63, 3.8) is 0 Å². The molecule has 0 spiro atoms. The van der Waals surface area contributed by atoms with E-state index in [2.05, 4.69) is 49.2 Å². The number of benzene rings is 3. The first-order valence-corrected chi connectivity index (χ1v) is 16.1. The van der Waals surface area contributed by atoms with Crippen LogP contribution in [-0.2, 0) is 28.9 Å². The lowest BCUT2D eigenvalue weighted by Gasteiger charge is -2.37. The Kier molecular flexibility index (Phi) is 8.67. The second-order valence-electron chi connectivity index (χ2n) is 11.6. The summed E-state index contributed by atoms with van der Waals surface area (Å²) < 4.78 is 23.5. The third-order valence-electron chi connectivity index (χ3n) is 8.51. The normalized spacial score (nSPS) is 19.8. The maximum atomic E-state index is 12.4. The van der Waals surface area contributed by atoms with Crippen molar-refractivity contribution in [2.24, 2.45) is 7.05 Å². The van der Waals surface area contributed by atoms with Crippen molar-refractivity contribution in [3.8, 4) is 11.4 Å². The van der Waals surface area contributed by atoms with Crippen molar-refractivity contribution >= 4 is 34.6 Å². The summed E-state index contributed by atoms with van der Waals surface area (Å²) in [6.07, 6.45) is 2.74. The van der Waals surface area contributed by atoms with Crippen LogP contribution in [0.15, 0.2) is 84.2 Å². The highest BCUT2D eigenvalue weighted by molar-refractivity contribution is 6.35. The van der Waals surface area contributed by atoms with Gasteiger partial charge in [0.25, 0.3) is 0 Å². The first kappa shape index (κ1) is 31.3. The average molecular weight is 678 g/mol. The van der Waals surface area contributed by atoms with Crippen LogP contribution in [-0.4, -0.2) is 74.6 Å². The third kappa shape index (κ3) is 6.46. The van der Waals surface area contributed by atoms with Crippen LogP contribution in [0.3, 0.4) is 0 Å². The largest absolute Gasteiger partial charge is 0.491 e. The van der Waals surface area contributed by atoms with Crippen molar-refractivity contribution in [2.45, 2.75) is 25.4 Å². The zero-order chi connectivity index (χ0) is 32.5. The highest BCUT2D eigenvalue weighted by atomic mass is 35.5. The van der Waals surface area contributed by atoms with Crippen LogP contribution in [0.25, 0.3) is 5.69 Å². The molecule has 14 heteroatoms. The fraction of sp³-hybridized carbons (Fsp3) is 0.333. The maximum absolute atomic E-state index is 12.4. The van der Waals surface area contributed by atoms with E-state index in [9.17, 15) is 4.79 Å². The lowest BCUT2D eigenvalue weighted by atomic mass is 10.1. The van der Waals surface area contributed by atoms with Crippen molar-refractivity contribution in [1.29, 1.82) is 0 Å². The van der Waals surface area contributed by atoms with E-state index in [1.165, 1.54) is 11.0 Å². The molecular weight excluding hydrogens is 643 g/mol. The minimum Gasteiger partial charge on any atom is -0.491 e. The molecule has 2 atom stereocenters. The Hall–Kier alpha value is -4.36. The number of piperazine rings is 1. The smallest absolute Gasteiger partial charge is 0.350 e. The highest BCUT2D eigenvalue weighted by Crippen LogP contribution is 2.40. The third-order valence-corrected chi connectivity index (χ3v) is 9.06. The number of anilines is 2. The standard InChI is InChI=1S/C33H34Cl2N8O4/c1-23-38-39(2)32(44)43(23)27-6-4-25(5-7-27)40-13-15-41(16-14-40)26-8-10-28(11-9-26)45-18-29-19-46-33(47-29,20-42-22-36-21-37-42)30-12-3-24(34)17-31(30)35/h3-12,17,21-22,29H,13-16,18-20H2,1-2H3. The number of nitrogens with zero attached hydrogens (tertiary/aromatic N) is 8. The molecule has 4 heterocycles. The van der Waals surface area contributed by atoms with Crippen LogP contribution in [0, 0.1) is 6.92 Å². The first-order chi connectivity index (χ1) is 22.8. The number of hydrogen-bond donors (Lipinski definition) is 0. The molecule has 7 rings (SSSR count). The molecule has 2 aliphatic heterocycles. The van der Waals surface area contributed by atoms with Gasteiger partial charge in [0, 0.05) is 55.2 Å². The van der Waals surface area contributed by atoms with Gasteiger partial charge in [0.05, 0.1) is 17.3 Å².